The first-order valence-corrected chi connectivity index (χ1v) is 14.5. The monoisotopic (exact) mass is 601 g/mol. The molecule has 0 atom stereocenters. The number of benzene rings is 2. The molecular weight excluding hydrogens is 550 g/mol. The topological polar surface area (TPSA) is 132 Å². The highest BCUT2D eigenvalue weighted by molar-refractivity contribution is 5.94. The smallest absolute Gasteiger partial charge is 0.313 e. The normalized spacial score (nSPS) is 9.60. The van der Waals surface area contributed by atoms with Gasteiger partial charge < -0.3 is 24.3 Å². The number of ketones is 1. The van der Waals surface area contributed by atoms with Crippen molar-refractivity contribution in [3.63, 3.8) is 0 Å². The van der Waals surface area contributed by atoms with Gasteiger partial charge in [0, 0.05) is 31.5 Å². The lowest BCUT2D eigenvalue weighted by Gasteiger charge is -2.16. The highest BCUT2D eigenvalue weighted by atomic mass is 16.5. The molecule has 1 aromatic heterocycles. The number of para-hydroxylation sites is 1. The quantitative estimate of drug-likeness (QED) is 0.159. The zero-order valence-electron chi connectivity index (χ0n) is 27.1. The van der Waals surface area contributed by atoms with Gasteiger partial charge in [-0.25, -0.2) is 0 Å². The zero-order chi connectivity index (χ0) is 33.1. The van der Waals surface area contributed by atoms with Crippen molar-refractivity contribution in [2.75, 3.05) is 19.8 Å². The summed E-state index contributed by atoms with van der Waals surface area (Å²) < 4.78 is 13.5. The predicted molar refractivity (Wildman–Crippen MR) is 171 cm³/mol. The Labute approximate surface area is 256 Å². The van der Waals surface area contributed by atoms with E-state index >= 15 is 0 Å². The number of carbonyl (C=O) groups is 4. The van der Waals surface area contributed by atoms with E-state index in [0.29, 0.717) is 32.7 Å². The molecule has 0 aliphatic heterocycles. The molecule has 2 aromatic carbocycles. The number of carbonyl (C=O) groups excluding carboxylic acids is 4. The van der Waals surface area contributed by atoms with Gasteiger partial charge in [-0.2, -0.15) is 0 Å². The molecule has 2 N–H and O–H groups in total. The van der Waals surface area contributed by atoms with Crippen LogP contribution in [0, 0.1) is 0 Å². The average Bonchev–Trinajstić information content (AvgIpc) is 3.39. The Morgan fingerprint density at radius 1 is 0.744 bits per heavy atom. The molecule has 0 aliphatic rings. The van der Waals surface area contributed by atoms with E-state index in [1.165, 1.54) is 30.3 Å². The van der Waals surface area contributed by atoms with Gasteiger partial charge in [0.2, 0.25) is 0 Å². The van der Waals surface area contributed by atoms with Crippen molar-refractivity contribution in [1.29, 1.82) is 0 Å². The highest BCUT2D eigenvalue weighted by Gasteiger charge is 2.12. The molecule has 1 heterocycles. The minimum Gasteiger partial charge on any atom is -0.466 e. The minimum absolute atomic E-state index is 0.0880. The summed E-state index contributed by atoms with van der Waals surface area (Å²) >= 11 is 0. The Hall–Kier alpha value is -3.98. The van der Waals surface area contributed by atoms with Gasteiger partial charge in [0.1, 0.15) is 12.2 Å². The summed E-state index contributed by atoms with van der Waals surface area (Å²) in [5.74, 6) is -0.897. The van der Waals surface area contributed by atoms with E-state index in [0.717, 1.165) is 6.42 Å². The molecule has 9 nitrogen and oxygen atoms in total. The molecule has 0 saturated heterocycles. The second kappa shape index (κ2) is 25.7. The maximum Gasteiger partial charge on any atom is 0.313 e. The van der Waals surface area contributed by atoms with Crippen molar-refractivity contribution < 1.29 is 38.5 Å². The van der Waals surface area contributed by atoms with Gasteiger partial charge in [0.25, 0.3) is 0 Å². The molecule has 240 valence electrons. The van der Waals surface area contributed by atoms with Gasteiger partial charge in [0.15, 0.2) is 0 Å². The lowest BCUT2D eigenvalue weighted by molar-refractivity contribution is -0.145. The predicted octanol–water partition coefficient (Wildman–Crippen LogP) is 6.62. The van der Waals surface area contributed by atoms with Crippen LogP contribution >= 0.6 is 0 Å². The van der Waals surface area contributed by atoms with Crippen molar-refractivity contribution in [3.8, 4) is 0 Å². The number of esters is 3. The van der Waals surface area contributed by atoms with E-state index in [-0.39, 0.29) is 24.1 Å². The fourth-order valence-electron chi connectivity index (χ4n) is 3.15. The van der Waals surface area contributed by atoms with Crippen molar-refractivity contribution in [3.05, 3.63) is 72.4 Å². The first-order chi connectivity index (χ1) is 20.3. The Morgan fingerprint density at radius 2 is 1.28 bits per heavy atom. The lowest BCUT2D eigenvalue weighted by Crippen LogP contribution is -2.21. The van der Waals surface area contributed by atoms with Crippen LogP contribution in [0.3, 0.4) is 0 Å². The number of hydrogen-bond acceptors (Lipinski definition) is 8. The van der Waals surface area contributed by atoms with E-state index < -0.39 is 11.6 Å². The van der Waals surface area contributed by atoms with Crippen LogP contribution in [0.15, 0.2) is 66.9 Å². The number of H-pyrrole nitrogens is 1. The van der Waals surface area contributed by atoms with Crippen molar-refractivity contribution >= 4 is 34.6 Å². The zero-order valence-corrected chi connectivity index (χ0v) is 27.1. The van der Waals surface area contributed by atoms with Crippen LogP contribution in [-0.2, 0) is 39.8 Å². The second-order valence-corrected chi connectivity index (χ2v) is 9.70. The summed E-state index contributed by atoms with van der Waals surface area (Å²) in [7, 11) is 0. The molecule has 0 bridgehead atoms. The van der Waals surface area contributed by atoms with Crippen molar-refractivity contribution in [2.45, 2.75) is 86.7 Å². The van der Waals surface area contributed by atoms with E-state index in [1.54, 1.807) is 13.8 Å². The number of aliphatic hydroxyl groups is 1. The first kappa shape index (κ1) is 41.2. The SMILES string of the molecule is CC(C)(O)Cc1ccccc1.CCCC(=O)OCC.CCOC(=O)CC(C)=O.CCOC(C)=O.c1ccc2[nH]ccc2c1. The van der Waals surface area contributed by atoms with E-state index in [9.17, 15) is 24.3 Å². The number of Topliss-reactive ketones (excluding diaryl/α,β-unsaturated/α-hetero) is 1. The van der Waals surface area contributed by atoms with Gasteiger partial charge in [-0.15, -0.1) is 0 Å². The molecule has 9 heteroatoms. The summed E-state index contributed by atoms with van der Waals surface area (Å²) in [4.78, 5) is 44.0. The first-order valence-electron chi connectivity index (χ1n) is 14.5. The molecule has 3 aromatic rings. The van der Waals surface area contributed by atoms with Crippen LogP contribution in [0.1, 0.15) is 80.2 Å². The molecule has 0 amide bonds. The summed E-state index contributed by atoms with van der Waals surface area (Å²) in [6.45, 7) is 15.0. The number of hydrogen-bond donors (Lipinski definition) is 2. The molecule has 0 unspecified atom stereocenters. The van der Waals surface area contributed by atoms with E-state index in [4.69, 9.17) is 0 Å². The highest BCUT2D eigenvalue weighted by Crippen LogP contribution is 2.11. The van der Waals surface area contributed by atoms with E-state index in [2.05, 4.69) is 37.4 Å². The third kappa shape index (κ3) is 27.9. The number of aromatic nitrogens is 1. The molecule has 0 spiro atoms. The Kier molecular flexibility index (Phi) is 24.6. The lowest BCUT2D eigenvalue weighted by atomic mass is 9.99. The van der Waals surface area contributed by atoms with Crippen LogP contribution < -0.4 is 0 Å². The number of ether oxygens (including phenoxy) is 3. The average molecular weight is 602 g/mol. The van der Waals surface area contributed by atoms with Gasteiger partial charge >= 0.3 is 17.9 Å². The molecule has 43 heavy (non-hydrogen) atoms. The minimum atomic E-state index is -0.596. The largest absolute Gasteiger partial charge is 0.466 e. The molecule has 0 saturated carbocycles. The third-order valence-electron chi connectivity index (χ3n) is 4.75. The Bertz CT molecular complexity index is 1110. The maximum absolute atomic E-state index is 10.4. The van der Waals surface area contributed by atoms with Crippen molar-refractivity contribution in [2.24, 2.45) is 0 Å². The maximum atomic E-state index is 10.4. The van der Waals surface area contributed by atoms with Gasteiger partial charge in [-0.1, -0.05) is 55.5 Å². The summed E-state index contributed by atoms with van der Waals surface area (Å²) in [6, 6.07) is 20.3. The fourth-order valence-corrected chi connectivity index (χ4v) is 3.15. The number of aromatic amines is 1. The number of fused-ring (bicyclic) bond motifs is 1. The van der Waals surface area contributed by atoms with Crippen LogP contribution in [-0.4, -0.2) is 59.2 Å². The van der Waals surface area contributed by atoms with Crippen LogP contribution in [0.2, 0.25) is 0 Å². The Balaban J connectivity index is 0. The summed E-state index contributed by atoms with van der Waals surface area (Å²) in [5.41, 5.74) is 1.79. The summed E-state index contributed by atoms with van der Waals surface area (Å²) in [5, 5.41) is 10.7. The van der Waals surface area contributed by atoms with Crippen LogP contribution in [0.4, 0.5) is 0 Å². The Morgan fingerprint density at radius 3 is 1.72 bits per heavy atom. The molecule has 0 fully saturated rings. The van der Waals surface area contributed by atoms with Crippen molar-refractivity contribution in [1.82, 2.24) is 4.98 Å². The number of nitrogens with one attached hydrogen (secondary N) is 1. The van der Waals surface area contributed by atoms with Crippen LogP contribution in [0.25, 0.3) is 10.9 Å². The van der Waals surface area contributed by atoms with Gasteiger partial charge in [-0.05, 0) is 71.0 Å². The number of rotatable bonds is 9. The van der Waals surface area contributed by atoms with E-state index in [1.807, 2.05) is 76.4 Å². The van der Waals surface area contributed by atoms with Gasteiger partial charge in [-0.3, -0.25) is 19.2 Å². The third-order valence-corrected chi connectivity index (χ3v) is 4.75. The molecular formula is C34H51NO8. The summed E-state index contributed by atoms with van der Waals surface area (Å²) in [6.07, 6.45) is 3.99. The molecule has 0 radical (unpaired) electrons. The van der Waals surface area contributed by atoms with Gasteiger partial charge in [0.05, 0.1) is 25.4 Å². The van der Waals surface area contributed by atoms with Crippen LogP contribution in [0.5, 0.6) is 0 Å². The molecule has 3 rings (SSSR count). The second-order valence-electron chi connectivity index (χ2n) is 9.70. The standard InChI is InChI=1S/C10H14O.C8H7N.C6H10O3.C6H12O2.C4H8O2/c1-10(2,11)8-9-6-4-3-5-7-9;1-2-4-8-7(3-1)5-6-9-8;1-3-9-6(8)4-5(2)7;1-3-5-6(7)8-4-2;1-3-6-4(2)5/h3-7,11H,8H2,1-2H3;1-6,9H;3-4H2,1-2H3;3-5H2,1-2H3;3H2,1-2H3. The fraction of sp³-hybridized carbons (Fsp3) is 0.471. The molecule has 0 aliphatic carbocycles.